The van der Waals surface area contributed by atoms with E-state index in [0.717, 1.165) is 17.4 Å². The first-order chi connectivity index (χ1) is 8.61. The number of imidazole rings is 1. The minimum Gasteiger partial charge on any atom is -0.495 e. The van der Waals surface area contributed by atoms with Crippen LogP contribution in [0.3, 0.4) is 0 Å². The van der Waals surface area contributed by atoms with Crippen molar-refractivity contribution < 1.29 is 4.74 Å². The molecule has 0 radical (unpaired) electrons. The maximum absolute atomic E-state index is 5.35. The number of hydrogen-bond donors (Lipinski definition) is 1. The van der Waals surface area contributed by atoms with Crippen LogP contribution >= 0.6 is 0 Å². The number of nitrogens with one attached hydrogen (secondary N) is 1. The first-order valence-corrected chi connectivity index (χ1v) is 6.06. The number of aromatic nitrogens is 2. The molecule has 4 heteroatoms. The summed E-state index contributed by atoms with van der Waals surface area (Å²) in [7, 11) is 1.67. The number of methoxy groups -OCH3 is 1. The second-order valence-corrected chi connectivity index (χ2v) is 4.58. The van der Waals surface area contributed by atoms with Gasteiger partial charge in [-0.05, 0) is 38.5 Å². The van der Waals surface area contributed by atoms with Gasteiger partial charge in [0, 0.05) is 18.4 Å². The summed E-state index contributed by atoms with van der Waals surface area (Å²) in [6, 6.07) is 6.41. The average molecular weight is 245 g/mol. The maximum Gasteiger partial charge on any atom is 0.207 e. The van der Waals surface area contributed by atoms with Crippen molar-refractivity contribution in [3.63, 3.8) is 0 Å². The van der Waals surface area contributed by atoms with E-state index in [0.29, 0.717) is 6.04 Å². The molecule has 1 heterocycles. The van der Waals surface area contributed by atoms with Crippen LogP contribution in [0.15, 0.2) is 30.6 Å². The number of ether oxygens (including phenoxy) is 1. The second-order valence-electron chi connectivity index (χ2n) is 4.58. The van der Waals surface area contributed by atoms with E-state index in [4.69, 9.17) is 4.74 Å². The van der Waals surface area contributed by atoms with Gasteiger partial charge in [-0.25, -0.2) is 4.98 Å². The van der Waals surface area contributed by atoms with Gasteiger partial charge in [-0.3, -0.25) is 0 Å². The lowest BCUT2D eigenvalue weighted by Crippen LogP contribution is -2.06. The highest BCUT2D eigenvalue weighted by Crippen LogP contribution is 2.28. The predicted octanol–water partition coefficient (Wildman–Crippen LogP) is 3.52. The van der Waals surface area contributed by atoms with Crippen molar-refractivity contribution in [1.29, 1.82) is 0 Å². The fraction of sp³-hybridized carbons (Fsp3) is 0.357. The summed E-state index contributed by atoms with van der Waals surface area (Å²) in [4.78, 5) is 4.33. The lowest BCUT2D eigenvalue weighted by molar-refractivity contribution is 0.416. The van der Waals surface area contributed by atoms with Gasteiger partial charge >= 0.3 is 0 Å². The van der Waals surface area contributed by atoms with Gasteiger partial charge in [0.1, 0.15) is 5.75 Å². The van der Waals surface area contributed by atoms with Crippen molar-refractivity contribution in [1.82, 2.24) is 9.55 Å². The molecule has 1 aromatic heterocycles. The van der Waals surface area contributed by atoms with Gasteiger partial charge in [0.2, 0.25) is 5.95 Å². The van der Waals surface area contributed by atoms with Crippen molar-refractivity contribution in [3.05, 3.63) is 36.2 Å². The predicted molar refractivity (Wildman–Crippen MR) is 73.6 cm³/mol. The molecule has 0 aliphatic rings. The van der Waals surface area contributed by atoms with E-state index in [9.17, 15) is 0 Å². The number of benzene rings is 1. The van der Waals surface area contributed by atoms with Gasteiger partial charge < -0.3 is 14.6 Å². The quantitative estimate of drug-likeness (QED) is 0.895. The molecule has 0 bridgehead atoms. The largest absolute Gasteiger partial charge is 0.495 e. The molecule has 0 atom stereocenters. The Morgan fingerprint density at radius 1 is 1.33 bits per heavy atom. The summed E-state index contributed by atoms with van der Waals surface area (Å²) in [6.07, 6.45) is 3.76. The molecule has 0 saturated carbocycles. The lowest BCUT2D eigenvalue weighted by atomic mass is 10.2. The Morgan fingerprint density at radius 3 is 2.78 bits per heavy atom. The zero-order valence-electron chi connectivity index (χ0n) is 11.3. The number of rotatable bonds is 4. The van der Waals surface area contributed by atoms with E-state index in [1.807, 2.05) is 18.3 Å². The normalized spacial score (nSPS) is 10.7. The van der Waals surface area contributed by atoms with E-state index < -0.39 is 0 Å². The minimum atomic E-state index is 0.366. The van der Waals surface area contributed by atoms with Crippen LogP contribution in [-0.2, 0) is 0 Å². The van der Waals surface area contributed by atoms with Crippen molar-refractivity contribution >= 4 is 11.6 Å². The first kappa shape index (κ1) is 12.5. The molecule has 0 saturated heterocycles. The zero-order valence-corrected chi connectivity index (χ0v) is 11.3. The Hall–Kier alpha value is -1.97. The van der Waals surface area contributed by atoms with Gasteiger partial charge in [0.15, 0.2) is 0 Å². The van der Waals surface area contributed by atoms with Crippen molar-refractivity contribution in [2.24, 2.45) is 0 Å². The topological polar surface area (TPSA) is 39.1 Å². The smallest absolute Gasteiger partial charge is 0.207 e. The standard InChI is InChI=1S/C14H19N3O/c1-10(2)17-8-7-15-14(17)16-12-9-11(3)5-6-13(12)18-4/h5-10H,1-4H3,(H,15,16). The third kappa shape index (κ3) is 2.47. The molecule has 0 aliphatic heterocycles. The molecule has 1 aromatic carbocycles. The molecule has 2 rings (SSSR count). The maximum atomic E-state index is 5.35. The molecular formula is C14H19N3O. The van der Waals surface area contributed by atoms with E-state index in [2.05, 4.69) is 41.7 Å². The third-order valence-corrected chi connectivity index (χ3v) is 2.83. The van der Waals surface area contributed by atoms with Gasteiger partial charge in [-0.2, -0.15) is 0 Å². The lowest BCUT2D eigenvalue weighted by Gasteiger charge is -2.15. The van der Waals surface area contributed by atoms with Gasteiger partial charge in [0.05, 0.1) is 12.8 Å². The molecule has 18 heavy (non-hydrogen) atoms. The monoisotopic (exact) mass is 245 g/mol. The Bertz CT molecular complexity index is 532. The van der Waals surface area contributed by atoms with E-state index >= 15 is 0 Å². The molecule has 0 unspecified atom stereocenters. The van der Waals surface area contributed by atoms with Crippen LogP contribution in [0, 0.1) is 6.92 Å². The van der Waals surface area contributed by atoms with Crippen LogP contribution in [0.25, 0.3) is 0 Å². The summed E-state index contributed by atoms with van der Waals surface area (Å²) in [5, 5.41) is 3.32. The number of aryl methyl sites for hydroxylation is 1. The zero-order chi connectivity index (χ0) is 13.1. The minimum absolute atomic E-state index is 0.366. The van der Waals surface area contributed by atoms with Crippen LogP contribution in [0.4, 0.5) is 11.6 Å². The van der Waals surface area contributed by atoms with Crippen LogP contribution in [-0.4, -0.2) is 16.7 Å². The Labute approximate surface area is 108 Å². The molecular weight excluding hydrogens is 226 g/mol. The molecule has 0 fully saturated rings. The molecule has 0 aliphatic carbocycles. The summed E-state index contributed by atoms with van der Waals surface area (Å²) >= 11 is 0. The Kier molecular flexibility index (Phi) is 3.55. The van der Waals surface area contributed by atoms with Crippen LogP contribution < -0.4 is 10.1 Å². The van der Waals surface area contributed by atoms with E-state index in [1.165, 1.54) is 5.56 Å². The van der Waals surface area contributed by atoms with Gasteiger partial charge in [-0.1, -0.05) is 6.07 Å². The number of nitrogens with zero attached hydrogens (tertiary/aromatic N) is 2. The number of anilines is 2. The van der Waals surface area contributed by atoms with Crippen molar-refractivity contribution in [2.45, 2.75) is 26.8 Å². The highest BCUT2D eigenvalue weighted by Gasteiger charge is 2.09. The molecule has 96 valence electrons. The summed E-state index contributed by atoms with van der Waals surface area (Å²) in [5.74, 6) is 1.65. The third-order valence-electron chi connectivity index (χ3n) is 2.83. The highest BCUT2D eigenvalue weighted by molar-refractivity contribution is 5.63. The Morgan fingerprint density at radius 2 is 2.11 bits per heavy atom. The van der Waals surface area contributed by atoms with Crippen LogP contribution in [0.5, 0.6) is 5.75 Å². The van der Waals surface area contributed by atoms with Crippen molar-refractivity contribution in [3.8, 4) is 5.75 Å². The second kappa shape index (κ2) is 5.12. The molecule has 1 N–H and O–H groups in total. The fourth-order valence-corrected chi connectivity index (χ4v) is 1.87. The summed E-state index contributed by atoms with van der Waals surface area (Å²) in [6.45, 7) is 6.31. The first-order valence-electron chi connectivity index (χ1n) is 6.06. The number of hydrogen-bond acceptors (Lipinski definition) is 3. The van der Waals surface area contributed by atoms with Gasteiger partial charge in [0.25, 0.3) is 0 Å². The molecule has 2 aromatic rings. The molecule has 0 amide bonds. The van der Waals surface area contributed by atoms with Crippen LogP contribution in [0.2, 0.25) is 0 Å². The molecule has 4 nitrogen and oxygen atoms in total. The molecule has 0 spiro atoms. The summed E-state index contributed by atoms with van der Waals surface area (Å²) in [5.41, 5.74) is 2.12. The van der Waals surface area contributed by atoms with Crippen molar-refractivity contribution in [2.75, 3.05) is 12.4 Å². The highest BCUT2D eigenvalue weighted by atomic mass is 16.5. The summed E-state index contributed by atoms with van der Waals surface area (Å²) < 4.78 is 7.44. The fourth-order valence-electron chi connectivity index (χ4n) is 1.87. The van der Waals surface area contributed by atoms with Crippen LogP contribution in [0.1, 0.15) is 25.5 Å². The van der Waals surface area contributed by atoms with Gasteiger partial charge in [-0.15, -0.1) is 0 Å². The average Bonchev–Trinajstić information content (AvgIpc) is 2.77. The van der Waals surface area contributed by atoms with E-state index in [-0.39, 0.29) is 0 Å². The van der Waals surface area contributed by atoms with E-state index in [1.54, 1.807) is 13.3 Å². The SMILES string of the molecule is COc1ccc(C)cc1Nc1nccn1C(C)C. The Balaban J connectivity index is 2.33.